The first-order valence-electron chi connectivity index (χ1n) is 5.65. The highest BCUT2D eigenvalue weighted by atomic mass is 35.5. The van der Waals surface area contributed by atoms with Crippen LogP contribution in [-0.4, -0.2) is 11.5 Å². The molecular formula is C14H15ClN2. The fourth-order valence-electron chi connectivity index (χ4n) is 1.74. The van der Waals surface area contributed by atoms with Gasteiger partial charge in [-0.3, -0.25) is 4.98 Å². The van der Waals surface area contributed by atoms with Crippen LogP contribution < -0.4 is 5.32 Å². The normalized spacial score (nSPS) is 10.2. The second-order valence-corrected chi connectivity index (χ2v) is 4.37. The third-order valence-corrected chi connectivity index (χ3v) is 3.04. The zero-order valence-corrected chi connectivity index (χ0v) is 10.5. The summed E-state index contributed by atoms with van der Waals surface area (Å²) in [5, 5.41) is 3.98. The number of aryl methyl sites for hydroxylation is 1. The van der Waals surface area contributed by atoms with Gasteiger partial charge in [0.05, 0.1) is 10.7 Å². The van der Waals surface area contributed by atoms with E-state index in [1.807, 2.05) is 6.07 Å². The maximum atomic E-state index is 6.01. The van der Waals surface area contributed by atoms with Crippen molar-refractivity contribution in [3.63, 3.8) is 0 Å². The average molecular weight is 247 g/mol. The molecule has 3 heteroatoms. The molecule has 1 aromatic heterocycles. The van der Waals surface area contributed by atoms with E-state index in [-0.39, 0.29) is 0 Å². The predicted molar refractivity (Wildman–Crippen MR) is 72.6 cm³/mol. The fourth-order valence-corrected chi connectivity index (χ4v) is 1.93. The Kier molecular flexibility index (Phi) is 3.99. The lowest BCUT2D eigenvalue weighted by Gasteiger charge is -2.09. The van der Waals surface area contributed by atoms with E-state index in [0.29, 0.717) is 5.02 Å². The Morgan fingerprint density at radius 2 is 2.06 bits per heavy atom. The van der Waals surface area contributed by atoms with Crippen LogP contribution in [0.4, 0.5) is 5.69 Å². The van der Waals surface area contributed by atoms with E-state index in [1.54, 1.807) is 12.4 Å². The van der Waals surface area contributed by atoms with Crippen LogP contribution in [0, 0.1) is 6.92 Å². The molecule has 0 spiro atoms. The molecule has 88 valence electrons. The van der Waals surface area contributed by atoms with Gasteiger partial charge in [-0.15, -0.1) is 0 Å². The summed E-state index contributed by atoms with van der Waals surface area (Å²) >= 11 is 6.01. The summed E-state index contributed by atoms with van der Waals surface area (Å²) in [5.41, 5.74) is 3.63. The van der Waals surface area contributed by atoms with Crippen LogP contribution >= 0.6 is 11.6 Å². The summed E-state index contributed by atoms with van der Waals surface area (Å²) in [6.07, 6.45) is 4.38. The van der Waals surface area contributed by atoms with Crippen molar-refractivity contribution in [3.8, 4) is 0 Å². The zero-order chi connectivity index (χ0) is 12.1. The molecule has 0 aliphatic carbocycles. The summed E-state index contributed by atoms with van der Waals surface area (Å²) in [6, 6.07) is 10.3. The summed E-state index contributed by atoms with van der Waals surface area (Å²) in [5.74, 6) is 0. The van der Waals surface area contributed by atoms with E-state index >= 15 is 0 Å². The second-order valence-electron chi connectivity index (χ2n) is 3.96. The molecule has 0 aliphatic heterocycles. The monoisotopic (exact) mass is 246 g/mol. The standard InChI is InChI=1S/C14H15ClN2/c1-11-4-2-3-5-12(11)6-9-17-14-7-8-16-10-13(14)15/h2-5,7-8,10H,6,9H2,1H3,(H,16,17). The predicted octanol–water partition coefficient (Wildman–Crippen LogP) is 3.70. The lowest BCUT2D eigenvalue weighted by atomic mass is 10.1. The van der Waals surface area contributed by atoms with Gasteiger partial charge in [0.15, 0.2) is 0 Å². The zero-order valence-electron chi connectivity index (χ0n) is 9.78. The van der Waals surface area contributed by atoms with Crippen molar-refractivity contribution in [2.24, 2.45) is 0 Å². The van der Waals surface area contributed by atoms with E-state index in [0.717, 1.165) is 18.7 Å². The molecule has 1 heterocycles. The van der Waals surface area contributed by atoms with Crippen LogP contribution in [-0.2, 0) is 6.42 Å². The molecule has 0 fully saturated rings. The van der Waals surface area contributed by atoms with Gasteiger partial charge in [-0.2, -0.15) is 0 Å². The lowest BCUT2D eigenvalue weighted by Crippen LogP contribution is -2.06. The van der Waals surface area contributed by atoms with Crippen molar-refractivity contribution in [1.82, 2.24) is 4.98 Å². The molecule has 1 aromatic carbocycles. The number of halogens is 1. The number of benzene rings is 1. The number of hydrogen-bond donors (Lipinski definition) is 1. The topological polar surface area (TPSA) is 24.9 Å². The molecule has 0 bridgehead atoms. The SMILES string of the molecule is Cc1ccccc1CCNc1ccncc1Cl. The van der Waals surface area contributed by atoms with Gasteiger partial charge in [0, 0.05) is 18.9 Å². The van der Waals surface area contributed by atoms with E-state index in [4.69, 9.17) is 11.6 Å². The molecule has 0 saturated heterocycles. The number of nitrogens with zero attached hydrogens (tertiary/aromatic N) is 1. The van der Waals surface area contributed by atoms with Gasteiger partial charge in [0.1, 0.15) is 0 Å². The Hall–Kier alpha value is -1.54. The van der Waals surface area contributed by atoms with Crippen LogP contribution in [0.25, 0.3) is 0 Å². The molecule has 17 heavy (non-hydrogen) atoms. The Bertz CT molecular complexity index is 452. The number of rotatable bonds is 4. The number of pyridine rings is 1. The van der Waals surface area contributed by atoms with Gasteiger partial charge >= 0.3 is 0 Å². The van der Waals surface area contributed by atoms with Crippen molar-refractivity contribution in [2.45, 2.75) is 13.3 Å². The van der Waals surface area contributed by atoms with E-state index in [2.05, 4.69) is 41.5 Å². The largest absolute Gasteiger partial charge is 0.383 e. The summed E-state index contributed by atoms with van der Waals surface area (Å²) < 4.78 is 0. The molecule has 2 rings (SSSR count). The molecule has 0 atom stereocenters. The third kappa shape index (κ3) is 3.21. The summed E-state index contributed by atoms with van der Waals surface area (Å²) in [7, 11) is 0. The van der Waals surface area contributed by atoms with Crippen molar-refractivity contribution < 1.29 is 0 Å². The van der Waals surface area contributed by atoms with E-state index < -0.39 is 0 Å². The molecule has 0 aliphatic rings. The fraction of sp³-hybridized carbons (Fsp3) is 0.214. The van der Waals surface area contributed by atoms with Gasteiger partial charge in [-0.1, -0.05) is 35.9 Å². The van der Waals surface area contributed by atoms with Crippen molar-refractivity contribution in [2.75, 3.05) is 11.9 Å². The first kappa shape index (κ1) is 11.9. The maximum Gasteiger partial charge on any atom is 0.0820 e. The van der Waals surface area contributed by atoms with Gasteiger partial charge in [-0.25, -0.2) is 0 Å². The van der Waals surface area contributed by atoms with E-state index in [1.165, 1.54) is 11.1 Å². The highest BCUT2D eigenvalue weighted by Gasteiger charge is 2.00. The molecule has 0 amide bonds. The van der Waals surface area contributed by atoms with Gasteiger partial charge in [-0.05, 0) is 30.5 Å². The Balaban J connectivity index is 1.93. The van der Waals surface area contributed by atoms with Crippen molar-refractivity contribution in [3.05, 3.63) is 58.9 Å². The van der Waals surface area contributed by atoms with Crippen LogP contribution in [0.5, 0.6) is 0 Å². The molecule has 1 N–H and O–H groups in total. The summed E-state index contributed by atoms with van der Waals surface area (Å²) in [6.45, 7) is 3.00. The Labute approximate surface area is 107 Å². The van der Waals surface area contributed by atoms with Crippen molar-refractivity contribution in [1.29, 1.82) is 0 Å². The number of aromatic nitrogens is 1. The van der Waals surface area contributed by atoms with Gasteiger partial charge in [0.2, 0.25) is 0 Å². The summed E-state index contributed by atoms with van der Waals surface area (Å²) in [4.78, 5) is 3.95. The number of nitrogens with one attached hydrogen (secondary N) is 1. The van der Waals surface area contributed by atoms with Crippen molar-refractivity contribution >= 4 is 17.3 Å². The molecule has 0 radical (unpaired) electrons. The molecular weight excluding hydrogens is 232 g/mol. The first-order valence-corrected chi connectivity index (χ1v) is 6.03. The number of hydrogen-bond acceptors (Lipinski definition) is 2. The van der Waals surface area contributed by atoms with Gasteiger partial charge in [0.25, 0.3) is 0 Å². The third-order valence-electron chi connectivity index (χ3n) is 2.74. The molecule has 2 nitrogen and oxygen atoms in total. The minimum atomic E-state index is 0.664. The quantitative estimate of drug-likeness (QED) is 0.890. The minimum Gasteiger partial charge on any atom is -0.383 e. The highest BCUT2D eigenvalue weighted by molar-refractivity contribution is 6.33. The molecule has 0 unspecified atom stereocenters. The maximum absolute atomic E-state index is 6.01. The Morgan fingerprint density at radius 3 is 2.82 bits per heavy atom. The lowest BCUT2D eigenvalue weighted by molar-refractivity contribution is 1.00. The average Bonchev–Trinajstić information content (AvgIpc) is 2.34. The van der Waals surface area contributed by atoms with Gasteiger partial charge < -0.3 is 5.32 Å². The minimum absolute atomic E-state index is 0.664. The highest BCUT2D eigenvalue weighted by Crippen LogP contribution is 2.19. The first-order chi connectivity index (χ1) is 8.27. The van der Waals surface area contributed by atoms with Crippen LogP contribution in [0.3, 0.4) is 0 Å². The van der Waals surface area contributed by atoms with Crippen LogP contribution in [0.2, 0.25) is 5.02 Å². The molecule has 0 saturated carbocycles. The molecule has 2 aromatic rings. The number of anilines is 1. The second kappa shape index (κ2) is 5.69. The smallest absolute Gasteiger partial charge is 0.0820 e. The van der Waals surface area contributed by atoms with E-state index in [9.17, 15) is 0 Å². The van der Waals surface area contributed by atoms with Crippen LogP contribution in [0.15, 0.2) is 42.7 Å². The van der Waals surface area contributed by atoms with Crippen LogP contribution in [0.1, 0.15) is 11.1 Å². The Morgan fingerprint density at radius 1 is 1.24 bits per heavy atom.